The standard InChI is InChI=1S/C18H15P.C2H3N.BrH/c1-4-10-16(11-5-1)19(17-12-6-2-7-13-17)18-14-8-3-9-15-18;1-2-3;/h1-15H;1H3;1H. The fraction of sp³-hybridized carbons (Fsp3) is 0.0500. The summed E-state index contributed by atoms with van der Waals surface area (Å²) in [5.74, 6) is 0. The summed E-state index contributed by atoms with van der Waals surface area (Å²) in [6.45, 7) is 1.43. The minimum atomic E-state index is -0.446. The lowest BCUT2D eigenvalue weighted by Crippen LogP contribution is -2.20. The van der Waals surface area contributed by atoms with Gasteiger partial charge in [-0.25, -0.2) is 0 Å². The van der Waals surface area contributed by atoms with Crippen molar-refractivity contribution in [1.29, 1.82) is 5.26 Å². The van der Waals surface area contributed by atoms with Gasteiger partial charge in [-0.15, -0.1) is 17.0 Å². The Morgan fingerprint density at radius 1 is 0.609 bits per heavy atom. The number of rotatable bonds is 3. The summed E-state index contributed by atoms with van der Waals surface area (Å²) in [5.41, 5.74) is 0. The first kappa shape index (κ1) is 19.1. The average Bonchev–Trinajstić information content (AvgIpc) is 2.59. The van der Waals surface area contributed by atoms with E-state index in [9.17, 15) is 0 Å². The van der Waals surface area contributed by atoms with Gasteiger partial charge in [-0.3, -0.25) is 0 Å². The van der Waals surface area contributed by atoms with Crippen LogP contribution in [-0.4, -0.2) is 0 Å². The van der Waals surface area contributed by atoms with Gasteiger partial charge in [0.05, 0.1) is 6.07 Å². The fourth-order valence-corrected chi connectivity index (χ4v) is 4.48. The molecule has 116 valence electrons. The molecule has 0 aromatic heterocycles. The second-order valence-corrected chi connectivity index (χ2v) is 6.79. The van der Waals surface area contributed by atoms with Gasteiger partial charge in [0.15, 0.2) is 0 Å². The summed E-state index contributed by atoms with van der Waals surface area (Å²) >= 11 is 0. The summed E-state index contributed by atoms with van der Waals surface area (Å²) in [6, 6.07) is 34.1. The molecule has 3 heteroatoms. The molecule has 0 saturated carbocycles. The van der Waals surface area contributed by atoms with Gasteiger partial charge < -0.3 is 0 Å². The highest BCUT2D eigenvalue weighted by atomic mass is 79.9. The maximum atomic E-state index is 7.32. The van der Waals surface area contributed by atoms with Crippen molar-refractivity contribution in [2.75, 3.05) is 0 Å². The lowest BCUT2D eigenvalue weighted by atomic mass is 10.4. The number of hydrogen-bond donors (Lipinski definition) is 0. The molecule has 3 aromatic rings. The second kappa shape index (κ2) is 10.7. The Kier molecular flexibility index (Phi) is 8.91. The Labute approximate surface area is 150 Å². The van der Waals surface area contributed by atoms with E-state index < -0.39 is 7.92 Å². The van der Waals surface area contributed by atoms with Gasteiger partial charge in [0.2, 0.25) is 0 Å². The van der Waals surface area contributed by atoms with Gasteiger partial charge in [-0.1, -0.05) is 91.0 Å². The van der Waals surface area contributed by atoms with Gasteiger partial charge in [0.25, 0.3) is 0 Å². The molecular formula is C20H19BrNP. The van der Waals surface area contributed by atoms with Gasteiger partial charge in [-0.2, -0.15) is 5.26 Å². The summed E-state index contributed by atoms with van der Waals surface area (Å²) in [4.78, 5) is 0. The molecule has 0 aliphatic carbocycles. The molecule has 0 atom stereocenters. The molecule has 0 N–H and O–H groups in total. The van der Waals surface area contributed by atoms with Crippen LogP contribution in [-0.2, 0) is 0 Å². The molecular weight excluding hydrogens is 365 g/mol. The summed E-state index contributed by atoms with van der Waals surface area (Å²) < 4.78 is 0. The highest BCUT2D eigenvalue weighted by Crippen LogP contribution is 2.32. The number of halogens is 1. The van der Waals surface area contributed by atoms with Crippen molar-refractivity contribution >= 4 is 40.8 Å². The molecule has 0 bridgehead atoms. The van der Waals surface area contributed by atoms with E-state index in [-0.39, 0.29) is 17.0 Å². The smallest absolute Gasteiger partial charge is 0.0587 e. The van der Waals surface area contributed by atoms with E-state index in [4.69, 9.17) is 5.26 Å². The molecule has 0 amide bonds. The van der Waals surface area contributed by atoms with E-state index >= 15 is 0 Å². The number of nitrogens with zero attached hydrogens (tertiary/aromatic N) is 1. The topological polar surface area (TPSA) is 23.8 Å². The van der Waals surface area contributed by atoms with Crippen LogP contribution in [0.25, 0.3) is 0 Å². The molecule has 23 heavy (non-hydrogen) atoms. The zero-order chi connectivity index (χ0) is 15.6. The molecule has 0 heterocycles. The first-order valence-corrected chi connectivity index (χ1v) is 8.47. The van der Waals surface area contributed by atoms with Crippen LogP contribution in [0.3, 0.4) is 0 Å². The third-order valence-electron chi connectivity index (χ3n) is 3.04. The predicted molar refractivity (Wildman–Crippen MR) is 107 cm³/mol. The van der Waals surface area contributed by atoms with Crippen LogP contribution in [0.15, 0.2) is 91.0 Å². The Morgan fingerprint density at radius 3 is 1.04 bits per heavy atom. The average molecular weight is 384 g/mol. The minimum absolute atomic E-state index is 0. The molecule has 3 aromatic carbocycles. The third-order valence-corrected chi connectivity index (χ3v) is 5.49. The lowest BCUT2D eigenvalue weighted by molar-refractivity contribution is 1.49. The van der Waals surface area contributed by atoms with Crippen molar-refractivity contribution in [3.8, 4) is 6.07 Å². The number of benzene rings is 3. The Morgan fingerprint density at radius 2 is 0.826 bits per heavy atom. The lowest BCUT2D eigenvalue weighted by Gasteiger charge is -2.18. The maximum absolute atomic E-state index is 7.32. The summed E-state index contributed by atoms with van der Waals surface area (Å²) in [5, 5.41) is 11.5. The van der Waals surface area contributed by atoms with Gasteiger partial charge >= 0.3 is 0 Å². The summed E-state index contributed by atoms with van der Waals surface area (Å²) in [7, 11) is -0.446. The van der Waals surface area contributed by atoms with Crippen molar-refractivity contribution in [1.82, 2.24) is 0 Å². The van der Waals surface area contributed by atoms with E-state index in [1.807, 2.05) is 0 Å². The molecule has 0 aliphatic heterocycles. The fourth-order valence-electron chi connectivity index (χ4n) is 2.18. The predicted octanol–water partition coefficient (Wildman–Crippen LogP) is 4.55. The highest BCUT2D eigenvalue weighted by Gasteiger charge is 2.14. The number of nitriles is 1. The third kappa shape index (κ3) is 5.64. The number of hydrogen-bond acceptors (Lipinski definition) is 1. The summed E-state index contributed by atoms with van der Waals surface area (Å²) in [6.07, 6.45) is 0. The van der Waals surface area contributed by atoms with Crippen LogP contribution in [0, 0.1) is 11.3 Å². The van der Waals surface area contributed by atoms with Crippen LogP contribution >= 0.6 is 24.9 Å². The van der Waals surface area contributed by atoms with E-state index in [1.54, 1.807) is 6.07 Å². The van der Waals surface area contributed by atoms with E-state index in [0.29, 0.717) is 0 Å². The molecule has 0 spiro atoms. The van der Waals surface area contributed by atoms with E-state index in [2.05, 4.69) is 91.0 Å². The van der Waals surface area contributed by atoms with Crippen molar-refractivity contribution in [2.45, 2.75) is 6.92 Å². The van der Waals surface area contributed by atoms with Gasteiger partial charge in [0, 0.05) is 6.92 Å². The van der Waals surface area contributed by atoms with Crippen molar-refractivity contribution in [3.63, 3.8) is 0 Å². The van der Waals surface area contributed by atoms with Crippen LogP contribution < -0.4 is 15.9 Å². The van der Waals surface area contributed by atoms with Crippen LogP contribution in [0.2, 0.25) is 0 Å². The van der Waals surface area contributed by atoms with Crippen molar-refractivity contribution in [2.24, 2.45) is 0 Å². The van der Waals surface area contributed by atoms with Crippen LogP contribution in [0.1, 0.15) is 6.92 Å². The first-order valence-electron chi connectivity index (χ1n) is 7.13. The Bertz CT molecular complexity index is 615. The minimum Gasteiger partial charge on any atom is -0.199 e. The normalized spacial score (nSPS) is 9.09. The first-order chi connectivity index (χ1) is 10.9. The molecule has 0 saturated heterocycles. The van der Waals surface area contributed by atoms with E-state index in [1.165, 1.54) is 22.8 Å². The molecule has 0 fully saturated rings. The maximum Gasteiger partial charge on any atom is 0.0587 e. The second-order valence-electron chi connectivity index (χ2n) is 4.57. The monoisotopic (exact) mass is 383 g/mol. The molecule has 0 aliphatic rings. The van der Waals surface area contributed by atoms with Crippen molar-refractivity contribution in [3.05, 3.63) is 91.0 Å². The zero-order valence-electron chi connectivity index (χ0n) is 13.0. The quantitative estimate of drug-likeness (QED) is 0.608. The molecule has 0 radical (unpaired) electrons. The van der Waals surface area contributed by atoms with Gasteiger partial charge in [-0.05, 0) is 23.8 Å². The SMILES string of the molecule is Br.CC#N.c1ccc(P(c2ccccc2)c2ccccc2)cc1. The van der Waals surface area contributed by atoms with Gasteiger partial charge in [0.1, 0.15) is 0 Å². The molecule has 0 unspecified atom stereocenters. The van der Waals surface area contributed by atoms with Crippen molar-refractivity contribution < 1.29 is 0 Å². The largest absolute Gasteiger partial charge is 0.199 e. The van der Waals surface area contributed by atoms with Crippen LogP contribution in [0.5, 0.6) is 0 Å². The molecule has 1 nitrogen and oxygen atoms in total. The van der Waals surface area contributed by atoms with Crippen LogP contribution in [0.4, 0.5) is 0 Å². The Hall–Kier alpha value is -1.94. The zero-order valence-corrected chi connectivity index (χ0v) is 15.6. The van der Waals surface area contributed by atoms with E-state index in [0.717, 1.165) is 0 Å². The molecule has 3 rings (SSSR count). The highest BCUT2D eigenvalue weighted by molar-refractivity contribution is 8.93. The Balaban J connectivity index is 0.000000615.